The van der Waals surface area contributed by atoms with Crippen molar-refractivity contribution in [1.29, 1.82) is 0 Å². The van der Waals surface area contributed by atoms with Crippen LogP contribution in [0.4, 0.5) is 0 Å². The second-order valence-electron chi connectivity index (χ2n) is 4.55. The van der Waals surface area contributed by atoms with Gasteiger partial charge in [0, 0.05) is 6.54 Å². The number of carboxylic acids is 1. The predicted molar refractivity (Wildman–Crippen MR) is 75.4 cm³/mol. The van der Waals surface area contributed by atoms with Crippen molar-refractivity contribution in [1.82, 2.24) is 9.71 Å². The molecule has 6 nitrogen and oxygen atoms in total. The molecule has 1 aliphatic carbocycles. The minimum atomic E-state index is -3.80. The van der Waals surface area contributed by atoms with Gasteiger partial charge in [-0.2, -0.15) is 0 Å². The minimum Gasteiger partial charge on any atom is -0.476 e. The van der Waals surface area contributed by atoms with Crippen LogP contribution in [0.1, 0.15) is 42.6 Å². The zero-order chi connectivity index (χ0) is 14.6. The number of hydrogen-bond donors (Lipinski definition) is 2. The standard InChI is InChI=1S/C12H16N2O4S2/c15-11(16)10-12(19-8-13-10)20(17,18)14-7-6-9-4-2-1-3-5-9/h4,8,14H,1-3,5-7H2,(H,15,16). The molecule has 110 valence electrons. The lowest BCUT2D eigenvalue weighted by molar-refractivity contribution is 0.0687. The van der Waals surface area contributed by atoms with Gasteiger partial charge in [-0.15, -0.1) is 11.3 Å². The summed E-state index contributed by atoms with van der Waals surface area (Å²) in [5.74, 6) is -1.33. The van der Waals surface area contributed by atoms with Crippen LogP contribution >= 0.6 is 11.3 Å². The maximum atomic E-state index is 12.0. The molecule has 1 aromatic rings. The van der Waals surface area contributed by atoms with Gasteiger partial charge < -0.3 is 5.11 Å². The van der Waals surface area contributed by atoms with E-state index in [-0.39, 0.29) is 10.8 Å². The molecule has 2 N–H and O–H groups in total. The second kappa shape index (κ2) is 6.47. The Hall–Kier alpha value is -1.25. The Bertz CT molecular complexity index is 619. The van der Waals surface area contributed by atoms with Crippen molar-refractivity contribution in [2.45, 2.75) is 36.3 Å². The third-order valence-corrected chi connectivity index (χ3v) is 5.94. The highest BCUT2D eigenvalue weighted by molar-refractivity contribution is 7.91. The molecule has 0 fully saturated rings. The van der Waals surface area contributed by atoms with Crippen molar-refractivity contribution in [3.8, 4) is 0 Å². The van der Waals surface area contributed by atoms with E-state index in [0.717, 1.165) is 30.6 Å². The van der Waals surface area contributed by atoms with E-state index < -0.39 is 21.7 Å². The molecule has 0 spiro atoms. The summed E-state index contributed by atoms with van der Waals surface area (Å²) >= 11 is 0.814. The van der Waals surface area contributed by atoms with Gasteiger partial charge in [-0.05, 0) is 32.1 Å². The van der Waals surface area contributed by atoms with Crippen LogP contribution in [0.2, 0.25) is 0 Å². The van der Waals surface area contributed by atoms with Crippen molar-refractivity contribution < 1.29 is 18.3 Å². The largest absolute Gasteiger partial charge is 0.476 e. The topological polar surface area (TPSA) is 96.4 Å². The number of carboxylic acid groups (broad SMARTS) is 1. The molecular formula is C12H16N2O4S2. The normalized spacial score (nSPS) is 15.9. The van der Waals surface area contributed by atoms with Crippen molar-refractivity contribution in [3.05, 3.63) is 22.9 Å². The van der Waals surface area contributed by atoms with E-state index in [1.165, 1.54) is 17.5 Å². The summed E-state index contributed by atoms with van der Waals surface area (Å²) in [7, 11) is -3.80. The number of aromatic nitrogens is 1. The Kier molecular flexibility index (Phi) is 4.90. The molecule has 1 heterocycles. The molecule has 8 heteroatoms. The van der Waals surface area contributed by atoms with E-state index in [2.05, 4.69) is 15.8 Å². The van der Waals surface area contributed by atoms with Crippen LogP contribution in [-0.2, 0) is 10.0 Å². The highest BCUT2D eigenvalue weighted by Crippen LogP contribution is 2.21. The third-order valence-electron chi connectivity index (χ3n) is 3.10. The van der Waals surface area contributed by atoms with Gasteiger partial charge in [0.05, 0.1) is 5.51 Å². The van der Waals surface area contributed by atoms with Crippen LogP contribution in [0.3, 0.4) is 0 Å². The lowest BCUT2D eigenvalue weighted by Crippen LogP contribution is -2.26. The van der Waals surface area contributed by atoms with E-state index in [1.807, 2.05) is 0 Å². The molecule has 0 atom stereocenters. The second-order valence-corrected chi connectivity index (χ2v) is 7.37. The van der Waals surface area contributed by atoms with E-state index in [0.29, 0.717) is 6.42 Å². The van der Waals surface area contributed by atoms with Gasteiger partial charge in [0.2, 0.25) is 0 Å². The van der Waals surface area contributed by atoms with Crippen molar-refractivity contribution >= 4 is 27.3 Å². The Morgan fingerprint density at radius 3 is 2.90 bits per heavy atom. The average molecular weight is 316 g/mol. The van der Waals surface area contributed by atoms with Crippen LogP contribution in [0.25, 0.3) is 0 Å². The molecule has 1 aliphatic rings. The first-order valence-electron chi connectivity index (χ1n) is 6.35. The van der Waals surface area contributed by atoms with Gasteiger partial charge in [-0.1, -0.05) is 11.6 Å². The minimum absolute atomic E-state index is 0.234. The number of nitrogens with zero attached hydrogens (tertiary/aromatic N) is 1. The molecule has 0 aromatic carbocycles. The Labute approximate surface area is 121 Å². The van der Waals surface area contributed by atoms with Gasteiger partial charge in [0.15, 0.2) is 9.90 Å². The Morgan fingerprint density at radius 2 is 2.25 bits per heavy atom. The SMILES string of the molecule is O=C(O)c1ncsc1S(=O)(=O)NCCC1=CCCCC1. The van der Waals surface area contributed by atoms with Crippen LogP contribution in [0, 0.1) is 0 Å². The number of carbonyl (C=O) groups is 1. The highest BCUT2D eigenvalue weighted by atomic mass is 32.2. The molecule has 0 aliphatic heterocycles. The maximum absolute atomic E-state index is 12.0. The van der Waals surface area contributed by atoms with E-state index in [1.54, 1.807) is 0 Å². The monoisotopic (exact) mass is 316 g/mol. The molecule has 0 saturated carbocycles. The van der Waals surface area contributed by atoms with Crippen molar-refractivity contribution in [3.63, 3.8) is 0 Å². The molecule has 0 saturated heterocycles. The number of allylic oxidation sites excluding steroid dienone is 1. The summed E-state index contributed by atoms with van der Waals surface area (Å²) in [6.07, 6.45) is 7.24. The first-order chi connectivity index (χ1) is 9.50. The molecule has 0 radical (unpaired) electrons. The zero-order valence-electron chi connectivity index (χ0n) is 10.8. The number of rotatable bonds is 6. The van der Waals surface area contributed by atoms with E-state index >= 15 is 0 Å². The fraction of sp³-hybridized carbons (Fsp3) is 0.500. The summed E-state index contributed by atoms with van der Waals surface area (Å²) in [6, 6.07) is 0. The van der Waals surface area contributed by atoms with Crippen LogP contribution in [-0.4, -0.2) is 31.0 Å². The molecule has 0 amide bonds. The zero-order valence-corrected chi connectivity index (χ0v) is 12.5. The predicted octanol–water partition coefficient (Wildman–Crippen LogP) is 2.01. The molecule has 2 rings (SSSR count). The van der Waals surface area contributed by atoms with Crippen molar-refractivity contribution in [2.75, 3.05) is 6.54 Å². The lowest BCUT2D eigenvalue weighted by Gasteiger charge is -2.12. The summed E-state index contributed by atoms with van der Waals surface area (Å²) in [5, 5.41) is 8.89. The van der Waals surface area contributed by atoms with Crippen LogP contribution < -0.4 is 4.72 Å². The van der Waals surface area contributed by atoms with Crippen molar-refractivity contribution in [2.24, 2.45) is 0 Å². The molecular weight excluding hydrogens is 300 g/mol. The molecule has 20 heavy (non-hydrogen) atoms. The fourth-order valence-corrected chi connectivity index (χ4v) is 4.33. The number of sulfonamides is 1. The van der Waals surface area contributed by atoms with Gasteiger partial charge >= 0.3 is 5.97 Å². The summed E-state index contributed by atoms with van der Waals surface area (Å²) in [6.45, 7) is 0.283. The summed E-state index contributed by atoms with van der Waals surface area (Å²) < 4.78 is 26.3. The van der Waals surface area contributed by atoms with Gasteiger partial charge in [0.25, 0.3) is 10.0 Å². The van der Waals surface area contributed by atoms with Crippen LogP contribution in [0.5, 0.6) is 0 Å². The van der Waals surface area contributed by atoms with Gasteiger partial charge in [-0.3, -0.25) is 0 Å². The summed E-state index contributed by atoms with van der Waals surface area (Å²) in [4.78, 5) is 14.5. The average Bonchev–Trinajstić information content (AvgIpc) is 2.90. The highest BCUT2D eigenvalue weighted by Gasteiger charge is 2.25. The molecule has 0 bridgehead atoms. The number of thiazole rings is 1. The quantitative estimate of drug-likeness (QED) is 0.783. The number of hydrogen-bond acceptors (Lipinski definition) is 5. The third kappa shape index (κ3) is 3.65. The smallest absolute Gasteiger partial charge is 0.356 e. The summed E-state index contributed by atoms with van der Waals surface area (Å²) in [5.41, 5.74) is 2.07. The lowest BCUT2D eigenvalue weighted by atomic mass is 9.97. The first-order valence-corrected chi connectivity index (χ1v) is 8.71. The maximum Gasteiger partial charge on any atom is 0.356 e. The van der Waals surface area contributed by atoms with Gasteiger partial charge in [0.1, 0.15) is 0 Å². The molecule has 0 unspecified atom stereocenters. The van der Waals surface area contributed by atoms with Gasteiger partial charge in [-0.25, -0.2) is 22.9 Å². The fourth-order valence-electron chi connectivity index (χ4n) is 2.11. The molecule has 1 aromatic heterocycles. The Balaban J connectivity index is 1.99. The van der Waals surface area contributed by atoms with Crippen LogP contribution in [0.15, 0.2) is 21.4 Å². The number of aromatic carboxylic acids is 1. The first kappa shape index (κ1) is 15.1. The van der Waals surface area contributed by atoms with E-state index in [4.69, 9.17) is 5.11 Å². The Morgan fingerprint density at radius 1 is 1.45 bits per heavy atom. The number of nitrogens with one attached hydrogen (secondary N) is 1. The van der Waals surface area contributed by atoms with E-state index in [9.17, 15) is 13.2 Å².